The van der Waals surface area contributed by atoms with Crippen LogP contribution >= 0.6 is 0 Å². The molecule has 1 aliphatic rings. The Kier molecular flexibility index (Phi) is 6.27. The van der Waals surface area contributed by atoms with Crippen LogP contribution in [0.5, 0.6) is 11.5 Å². The van der Waals surface area contributed by atoms with Crippen LogP contribution in [-0.2, 0) is 4.79 Å². The number of ether oxygens (including phenoxy) is 2. The van der Waals surface area contributed by atoms with Crippen molar-refractivity contribution in [3.8, 4) is 11.5 Å². The summed E-state index contributed by atoms with van der Waals surface area (Å²) in [4.78, 5) is 32.2. The molecular formula is C23H25FN4O4. The second-order valence-electron chi connectivity index (χ2n) is 7.60. The number of aromatic amines is 1. The first-order chi connectivity index (χ1) is 15.5. The average Bonchev–Trinajstić information content (AvgIpc) is 3.24. The number of aromatic nitrogens is 1. The van der Waals surface area contributed by atoms with Crippen LogP contribution in [0.15, 0.2) is 42.5 Å². The first-order valence-corrected chi connectivity index (χ1v) is 10.3. The van der Waals surface area contributed by atoms with Gasteiger partial charge in [-0.05, 0) is 36.4 Å². The van der Waals surface area contributed by atoms with Crippen molar-refractivity contribution in [2.45, 2.75) is 0 Å². The minimum Gasteiger partial charge on any atom is -0.497 e. The number of piperazine rings is 1. The highest BCUT2D eigenvalue weighted by Gasteiger charge is 2.25. The molecule has 32 heavy (non-hydrogen) atoms. The molecule has 0 atom stereocenters. The second-order valence-corrected chi connectivity index (χ2v) is 7.60. The number of hydrogen-bond donors (Lipinski definition) is 2. The molecule has 2 N–H and O–H groups in total. The number of nitrogens with one attached hydrogen (secondary N) is 2. The molecule has 2 heterocycles. The first-order valence-electron chi connectivity index (χ1n) is 10.3. The van der Waals surface area contributed by atoms with Crippen molar-refractivity contribution < 1.29 is 23.5 Å². The topological polar surface area (TPSA) is 86.9 Å². The first kappa shape index (κ1) is 21.6. The predicted octanol–water partition coefficient (Wildman–Crippen LogP) is 2.72. The quantitative estimate of drug-likeness (QED) is 0.616. The molecule has 9 heteroatoms. The van der Waals surface area contributed by atoms with Crippen LogP contribution in [0.4, 0.5) is 10.1 Å². The molecule has 0 unspecified atom stereocenters. The number of methoxy groups -OCH3 is 2. The van der Waals surface area contributed by atoms with Gasteiger partial charge in [0.15, 0.2) is 0 Å². The molecule has 4 rings (SSSR count). The molecule has 1 aliphatic heterocycles. The van der Waals surface area contributed by atoms with Crippen molar-refractivity contribution in [1.29, 1.82) is 0 Å². The van der Waals surface area contributed by atoms with Gasteiger partial charge in [-0.25, -0.2) is 4.39 Å². The minimum atomic E-state index is -0.351. The van der Waals surface area contributed by atoms with Crippen LogP contribution in [-0.4, -0.2) is 73.5 Å². The van der Waals surface area contributed by atoms with Crippen LogP contribution in [0, 0.1) is 5.82 Å². The largest absolute Gasteiger partial charge is 0.497 e. The van der Waals surface area contributed by atoms with Gasteiger partial charge in [-0.1, -0.05) is 0 Å². The van der Waals surface area contributed by atoms with Crippen molar-refractivity contribution in [3.05, 3.63) is 54.0 Å². The zero-order chi connectivity index (χ0) is 22.7. The highest BCUT2D eigenvalue weighted by atomic mass is 19.1. The maximum atomic E-state index is 13.0. The van der Waals surface area contributed by atoms with E-state index in [1.54, 1.807) is 31.3 Å². The Morgan fingerprint density at radius 3 is 2.41 bits per heavy atom. The number of anilines is 1. The highest BCUT2D eigenvalue weighted by molar-refractivity contribution is 6.00. The van der Waals surface area contributed by atoms with Gasteiger partial charge in [-0.3, -0.25) is 14.5 Å². The fraction of sp³-hybridized carbons (Fsp3) is 0.304. The monoisotopic (exact) mass is 440 g/mol. The number of carbonyl (C=O) groups excluding carboxylic acids is 2. The van der Waals surface area contributed by atoms with Gasteiger partial charge in [0.2, 0.25) is 5.91 Å². The fourth-order valence-corrected chi connectivity index (χ4v) is 3.79. The van der Waals surface area contributed by atoms with E-state index in [0.29, 0.717) is 49.1 Å². The van der Waals surface area contributed by atoms with E-state index >= 15 is 0 Å². The van der Waals surface area contributed by atoms with E-state index in [1.807, 2.05) is 11.0 Å². The van der Waals surface area contributed by atoms with Crippen LogP contribution in [0.25, 0.3) is 10.9 Å². The average molecular weight is 440 g/mol. The number of fused-ring (bicyclic) bond motifs is 1. The van der Waals surface area contributed by atoms with Crippen molar-refractivity contribution in [2.24, 2.45) is 0 Å². The number of amides is 2. The molecule has 1 fully saturated rings. The molecular weight excluding hydrogens is 415 g/mol. The van der Waals surface area contributed by atoms with Crippen LogP contribution in [0.2, 0.25) is 0 Å². The Morgan fingerprint density at radius 1 is 1.03 bits per heavy atom. The summed E-state index contributed by atoms with van der Waals surface area (Å²) in [6.07, 6.45) is 0. The maximum Gasteiger partial charge on any atom is 0.270 e. The third kappa shape index (κ3) is 4.67. The van der Waals surface area contributed by atoms with Crippen molar-refractivity contribution in [1.82, 2.24) is 14.8 Å². The molecule has 168 valence electrons. The normalized spacial score (nSPS) is 14.4. The molecule has 1 saturated heterocycles. The molecule has 0 saturated carbocycles. The van der Waals surface area contributed by atoms with Crippen molar-refractivity contribution >= 4 is 28.4 Å². The Balaban J connectivity index is 1.35. The van der Waals surface area contributed by atoms with Gasteiger partial charge in [-0.2, -0.15) is 0 Å². The zero-order valence-electron chi connectivity index (χ0n) is 18.0. The Hall–Kier alpha value is -3.59. The SMILES string of the molecule is COc1cc(OC)c2[nH]c(C(=O)N3CCN(CC(=O)Nc4ccc(F)cc4)CC3)cc2c1. The zero-order valence-corrected chi connectivity index (χ0v) is 18.0. The molecule has 0 radical (unpaired) electrons. The standard InChI is InChI=1S/C23H25FN4O4/c1-31-18-11-15-12-19(26-22(15)20(13-18)32-2)23(30)28-9-7-27(8-10-28)14-21(29)25-17-5-3-16(24)4-6-17/h3-6,11-13,26H,7-10,14H2,1-2H3,(H,25,29). The van der Waals surface area contributed by atoms with Gasteiger partial charge < -0.3 is 24.7 Å². The van der Waals surface area contributed by atoms with Gasteiger partial charge in [0, 0.05) is 43.3 Å². The minimum absolute atomic E-state index is 0.0994. The summed E-state index contributed by atoms with van der Waals surface area (Å²) in [6.45, 7) is 2.40. The third-order valence-electron chi connectivity index (χ3n) is 5.51. The molecule has 2 amide bonds. The lowest BCUT2D eigenvalue weighted by molar-refractivity contribution is -0.117. The summed E-state index contributed by atoms with van der Waals surface area (Å²) < 4.78 is 23.7. The molecule has 8 nitrogen and oxygen atoms in total. The van der Waals surface area contributed by atoms with E-state index in [9.17, 15) is 14.0 Å². The number of benzene rings is 2. The number of rotatable bonds is 6. The number of nitrogens with zero attached hydrogens (tertiary/aromatic N) is 2. The van der Waals surface area contributed by atoms with Gasteiger partial charge >= 0.3 is 0 Å². The lowest BCUT2D eigenvalue weighted by atomic mass is 10.2. The lowest BCUT2D eigenvalue weighted by Gasteiger charge is -2.34. The number of halogens is 1. The second kappa shape index (κ2) is 9.27. The summed E-state index contributed by atoms with van der Waals surface area (Å²) in [5, 5.41) is 3.59. The summed E-state index contributed by atoms with van der Waals surface area (Å²) >= 11 is 0. The smallest absolute Gasteiger partial charge is 0.270 e. The van der Waals surface area contributed by atoms with Gasteiger partial charge in [-0.15, -0.1) is 0 Å². The summed E-state index contributed by atoms with van der Waals surface area (Å²) in [6, 6.07) is 11.1. The Labute approximate surface area is 184 Å². The summed E-state index contributed by atoms with van der Waals surface area (Å²) in [5.41, 5.74) is 1.78. The van der Waals surface area contributed by atoms with Gasteiger partial charge in [0.05, 0.1) is 26.3 Å². The maximum absolute atomic E-state index is 13.0. The number of hydrogen-bond acceptors (Lipinski definition) is 5. The number of H-pyrrole nitrogens is 1. The lowest BCUT2D eigenvalue weighted by Crippen LogP contribution is -2.50. The molecule has 1 aromatic heterocycles. The Morgan fingerprint density at radius 2 is 1.75 bits per heavy atom. The van der Waals surface area contributed by atoms with Gasteiger partial charge in [0.1, 0.15) is 23.0 Å². The predicted molar refractivity (Wildman–Crippen MR) is 119 cm³/mol. The van der Waals surface area contributed by atoms with E-state index in [1.165, 1.54) is 24.3 Å². The fourth-order valence-electron chi connectivity index (χ4n) is 3.79. The van der Waals surface area contributed by atoms with Crippen molar-refractivity contribution in [3.63, 3.8) is 0 Å². The van der Waals surface area contributed by atoms with Crippen molar-refractivity contribution in [2.75, 3.05) is 52.3 Å². The Bertz CT molecular complexity index is 1120. The van der Waals surface area contributed by atoms with Crippen LogP contribution in [0.3, 0.4) is 0 Å². The van der Waals surface area contributed by atoms with E-state index in [-0.39, 0.29) is 24.2 Å². The van der Waals surface area contributed by atoms with E-state index in [0.717, 1.165) is 10.9 Å². The molecule has 0 bridgehead atoms. The van der Waals surface area contributed by atoms with E-state index < -0.39 is 0 Å². The summed E-state index contributed by atoms with van der Waals surface area (Å²) in [5.74, 6) is 0.636. The molecule has 3 aromatic rings. The van der Waals surface area contributed by atoms with Crippen LogP contribution < -0.4 is 14.8 Å². The van der Waals surface area contributed by atoms with E-state index in [4.69, 9.17) is 9.47 Å². The highest BCUT2D eigenvalue weighted by Crippen LogP contribution is 2.31. The van der Waals surface area contributed by atoms with Gasteiger partial charge in [0.25, 0.3) is 5.91 Å². The summed E-state index contributed by atoms with van der Waals surface area (Å²) in [7, 11) is 3.15. The molecule has 0 aliphatic carbocycles. The third-order valence-corrected chi connectivity index (χ3v) is 5.51. The number of carbonyl (C=O) groups is 2. The molecule has 2 aromatic carbocycles. The van der Waals surface area contributed by atoms with E-state index in [2.05, 4.69) is 10.3 Å². The van der Waals surface area contributed by atoms with Crippen LogP contribution in [0.1, 0.15) is 10.5 Å². The molecule has 0 spiro atoms.